The van der Waals surface area contributed by atoms with Gasteiger partial charge >= 0.3 is 0 Å². The van der Waals surface area contributed by atoms with Gasteiger partial charge in [-0.3, -0.25) is 0 Å². The lowest BCUT2D eigenvalue weighted by atomic mass is 10.0. The van der Waals surface area contributed by atoms with Gasteiger partial charge in [0.25, 0.3) is 0 Å². The zero-order chi connectivity index (χ0) is 13.7. The van der Waals surface area contributed by atoms with Crippen LogP contribution in [0.3, 0.4) is 0 Å². The summed E-state index contributed by atoms with van der Waals surface area (Å²) in [5.41, 5.74) is 1.06. The molecule has 0 aliphatic rings. The Kier molecular flexibility index (Phi) is 4.52. The summed E-state index contributed by atoms with van der Waals surface area (Å²) in [5.74, 6) is 1.71. The monoisotopic (exact) mass is 260 g/mol. The average Bonchev–Trinajstić information content (AvgIpc) is 2.84. The number of nitrogens with one attached hydrogen (secondary N) is 1. The van der Waals surface area contributed by atoms with Crippen LogP contribution in [0.25, 0.3) is 0 Å². The fraction of sp³-hybridized carbons (Fsp3) is 0.429. The first-order valence-electron chi connectivity index (χ1n) is 6.44. The Morgan fingerprint density at radius 1 is 1.37 bits per heavy atom. The number of hydrogen-bond donors (Lipinski definition) is 1. The molecule has 0 spiro atoms. The molecule has 0 amide bonds. The van der Waals surface area contributed by atoms with Gasteiger partial charge < -0.3 is 14.6 Å². The molecule has 5 heteroatoms. The van der Waals surface area contributed by atoms with Crippen LogP contribution < -0.4 is 10.1 Å². The molecule has 2 aromatic rings. The third-order valence-corrected chi connectivity index (χ3v) is 3.13. The number of methoxy groups -OCH3 is 1. The van der Waals surface area contributed by atoms with E-state index in [0.29, 0.717) is 5.88 Å². The lowest BCUT2D eigenvalue weighted by molar-refractivity contribution is 0.381. The van der Waals surface area contributed by atoms with Crippen molar-refractivity contribution >= 4 is 0 Å². The summed E-state index contributed by atoms with van der Waals surface area (Å²) in [6, 6.07) is 4.12. The fourth-order valence-corrected chi connectivity index (χ4v) is 2.15. The van der Waals surface area contributed by atoms with Crippen LogP contribution >= 0.6 is 0 Å². The molecule has 0 aromatic carbocycles. The number of imidazole rings is 1. The van der Waals surface area contributed by atoms with Crippen molar-refractivity contribution in [3.8, 4) is 5.88 Å². The van der Waals surface area contributed by atoms with E-state index in [-0.39, 0.29) is 6.04 Å². The molecule has 0 saturated carbocycles. The van der Waals surface area contributed by atoms with Crippen LogP contribution in [0, 0.1) is 0 Å². The molecule has 19 heavy (non-hydrogen) atoms. The highest BCUT2D eigenvalue weighted by molar-refractivity contribution is 5.29. The number of hydrogen-bond acceptors (Lipinski definition) is 4. The van der Waals surface area contributed by atoms with E-state index in [4.69, 9.17) is 4.74 Å². The largest absolute Gasteiger partial charge is 0.481 e. The highest BCUT2D eigenvalue weighted by atomic mass is 16.5. The zero-order valence-electron chi connectivity index (χ0n) is 11.6. The Morgan fingerprint density at radius 2 is 2.21 bits per heavy atom. The summed E-state index contributed by atoms with van der Waals surface area (Å²) in [7, 11) is 3.65. The van der Waals surface area contributed by atoms with E-state index in [2.05, 4.69) is 22.2 Å². The first kappa shape index (κ1) is 13.5. The van der Waals surface area contributed by atoms with Gasteiger partial charge in [-0.15, -0.1) is 0 Å². The smallest absolute Gasteiger partial charge is 0.217 e. The Balaban J connectivity index is 2.27. The molecule has 2 aromatic heterocycles. The fourth-order valence-electron chi connectivity index (χ4n) is 2.15. The van der Waals surface area contributed by atoms with Gasteiger partial charge in [0.2, 0.25) is 5.88 Å². The summed E-state index contributed by atoms with van der Waals surface area (Å²) in [4.78, 5) is 8.64. The number of pyridine rings is 1. The highest BCUT2D eigenvalue weighted by Gasteiger charge is 2.18. The first-order valence-corrected chi connectivity index (χ1v) is 6.44. The van der Waals surface area contributed by atoms with Crippen LogP contribution in [0.1, 0.15) is 24.4 Å². The molecule has 0 radical (unpaired) electrons. The predicted molar refractivity (Wildman–Crippen MR) is 74.1 cm³/mol. The second kappa shape index (κ2) is 6.33. The molecule has 1 unspecified atom stereocenters. The van der Waals surface area contributed by atoms with Gasteiger partial charge in [-0.1, -0.05) is 13.0 Å². The van der Waals surface area contributed by atoms with Crippen LogP contribution in [0.4, 0.5) is 0 Å². The summed E-state index contributed by atoms with van der Waals surface area (Å²) in [6.07, 6.45) is 6.32. The van der Waals surface area contributed by atoms with Crippen molar-refractivity contribution in [1.82, 2.24) is 19.9 Å². The van der Waals surface area contributed by atoms with Crippen LogP contribution in [0.5, 0.6) is 5.88 Å². The molecule has 0 saturated heterocycles. The highest BCUT2D eigenvalue weighted by Crippen LogP contribution is 2.24. The number of aromatic nitrogens is 3. The quantitative estimate of drug-likeness (QED) is 0.859. The van der Waals surface area contributed by atoms with Crippen molar-refractivity contribution in [3.05, 3.63) is 42.1 Å². The number of likely N-dealkylation sites (N-methyl/N-ethyl adjacent to an activating group) is 1. The Bertz CT molecular complexity index is 524. The molecule has 0 aliphatic heterocycles. The van der Waals surface area contributed by atoms with E-state index >= 15 is 0 Å². The van der Waals surface area contributed by atoms with Gasteiger partial charge in [0, 0.05) is 43.7 Å². The molecule has 0 fully saturated rings. The SMILES string of the molecule is CCNC(Cc1nccn1C)c1cccnc1OC. The molecule has 1 atom stereocenters. The van der Waals surface area contributed by atoms with Gasteiger partial charge in [0.1, 0.15) is 5.82 Å². The molecule has 5 nitrogen and oxygen atoms in total. The molecular weight excluding hydrogens is 240 g/mol. The Hall–Kier alpha value is -1.88. The topological polar surface area (TPSA) is 52.0 Å². The van der Waals surface area contributed by atoms with Crippen molar-refractivity contribution in [2.24, 2.45) is 7.05 Å². The van der Waals surface area contributed by atoms with Crippen molar-refractivity contribution in [3.63, 3.8) is 0 Å². The van der Waals surface area contributed by atoms with Gasteiger partial charge in [0.05, 0.1) is 7.11 Å². The van der Waals surface area contributed by atoms with E-state index < -0.39 is 0 Å². The summed E-state index contributed by atoms with van der Waals surface area (Å²) >= 11 is 0. The zero-order valence-corrected chi connectivity index (χ0v) is 11.6. The van der Waals surface area contributed by atoms with Crippen LogP contribution in [0.2, 0.25) is 0 Å². The van der Waals surface area contributed by atoms with E-state index in [1.807, 2.05) is 36.1 Å². The number of ether oxygens (including phenoxy) is 1. The minimum atomic E-state index is 0.148. The standard InChI is InChI=1S/C14H20N4O/c1-4-15-12(10-13-16-8-9-18(13)2)11-6-5-7-17-14(11)19-3/h5-9,12,15H,4,10H2,1-3H3. The lowest BCUT2D eigenvalue weighted by Crippen LogP contribution is -2.24. The van der Waals surface area contributed by atoms with Crippen LogP contribution in [-0.2, 0) is 13.5 Å². The van der Waals surface area contributed by atoms with Crippen molar-refractivity contribution in [2.75, 3.05) is 13.7 Å². The second-order valence-corrected chi connectivity index (χ2v) is 4.37. The minimum absolute atomic E-state index is 0.148. The van der Waals surface area contributed by atoms with Crippen LogP contribution in [0.15, 0.2) is 30.7 Å². The molecule has 0 bridgehead atoms. The second-order valence-electron chi connectivity index (χ2n) is 4.37. The minimum Gasteiger partial charge on any atom is -0.481 e. The summed E-state index contributed by atoms with van der Waals surface area (Å²) in [5, 5.41) is 3.47. The number of nitrogens with zero attached hydrogens (tertiary/aromatic N) is 3. The summed E-state index contributed by atoms with van der Waals surface area (Å²) in [6.45, 7) is 2.97. The average molecular weight is 260 g/mol. The van der Waals surface area contributed by atoms with E-state index in [0.717, 1.165) is 24.4 Å². The van der Waals surface area contributed by atoms with Crippen molar-refractivity contribution in [2.45, 2.75) is 19.4 Å². The van der Waals surface area contributed by atoms with E-state index in [9.17, 15) is 0 Å². The third-order valence-electron chi connectivity index (χ3n) is 3.13. The van der Waals surface area contributed by atoms with Gasteiger partial charge in [0.15, 0.2) is 0 Å². The maximum atomic E-state index is 5.34. The Labute approximate surface area is 113 Å². The lowest BCUT2D eigenvalue weighted by Gasteiger charge is -2.19. The number of aryl methyl sites for hydroxylation is 1. The van der Waals surface area contributed by atoms with E-state index in [1.54, 1.807) is 13.3 Å². The Morgan fingerprint density at radius 3 is 2.84 bits per heavy atom. The number of rotatable bonds is 6. The molecule has 102 valence electrons. The van der Waals surface area contributed by atoms with E-state index in [1.165, 1.54) is 0 Å². The van der Waals surface area contributed by atoms with Crippen molar-refractivity contribution in [1.29, 1.82) is 0 Å². The molecule has 0 aliphatic carbocycles. The summed E-state index contributed by atoms with van der Waals surface area (Å²) < 4.78 is 7.38. The van der Waals surface area contributed by atoms with Crippen molar-refractivity contribution < 1.29 is 4.74 Å². The first-order chi connectivity index (χ1) is 9.26. The van der Waals surface area contributed by atoms with Crippen LogP contribution in [-0.4, -0.2) is 28.2 Å². The molecular formula is C14H20N4O. The maximum Gasteiger partial charge on any atom is 0.217 e. The third kappa shape index (κ3) is 3.12. The molecule has 2 rings (SSSR count). The van der Waals surface area contributed by atoms with Gasteiger partial charge in [-0.2, -0.15) is 0 Å². The molecule has 2 heterocycles. The molecule has 1 N–H and O–H groups in total. The van der Waals surface area contributed by atoms with Gasteiger partial charge in [-0.05, 0) is 12.6 Å². The van der Waals surface area contributed by atoms with Gasteiger partial charge in [-0.25, -0.2) is 9.97 Å². The normalized spacial score (nSPS) is 12.4. The predicted octanol–water partition coefficient (Wildman–Crippen LogP) is 1.72. The maximum absolute atomic E-state index is 5.34.